The molecular formula is C20H24N4O3. The summed E-state index contributed by atoms with van der Waals surface area (Å²) in [5.74, 6) is 0.427. The summed E-state index contributed by atoms with van der Waals surface area (Å²) in [4.78, 5) is 16.8. The maximum absolute atomic E-state index is 12.4. The van der Waals surface area contributed by atoms with E-state index in [0.29, 0.717) is 30.0 Å². The fourth-order valence-electron chi connectivity index (χ4n) is 3.12. The number of nitrogens with zero attached hydrogens (tertiary/aromatic N) is 3. The number of aromatic nitrogens is 3. The number of rotatable bonds is 6. The van der Waals surface area contributed by atoms with Gasteiger partial charge in [-0.05, 0) is 38.0 Å². The molecule has 0 atom stereocenters. The van der Waals surface area contributed by atoms with E-state index in [1.807, 2.05) is 39.1 Å². The average molecular weight is 368 g/mol. The summed E-state index contributed by atoms with van der Waals surface area (Å²) >= 11 is 0. The predicted molar refractivity (Wildman–Crippen MR) is 104 cm³/mol. The van der Waals surface area contributed by atoms with Gasteiger partial charge in [0.1, 0.15) is 11.3 Å². The van der Waals surface area contributed by atoms with Crippen molar-refractivity contribution in [1.82, 2.24) is 14.8 Å². The number of pyridine rings is 1. The molecule has 142 valence electrons. The second-order valence-electron chi connectivity index (χ2n) is 6.33. The minimum absolute atomic E-state index is 0.303. The molecular weight excluding hydrogens is 344 g/mol. The van der Waals surface area contributed by atoms with E-state index in [4.69, 9.17) is 9.47 Å². The number of carbonyl (C=O) groups excluding carboxylic acids is 1. The fraction of sp³-hybridized carbons (Fsp3) is 0.350. The highest BCUT2D eigenvalue weighted by Crippen LogP contribution is 2.30. The zero-order valence-corrected chi connectivity index (χ0v) is 16.3. The minimum atomic E-state index is -0.404. The molecule has 2 aromatic heterocycles. The molecule has 3 aromatic rings. The van der Waals surface area contributed by atoms with Crippen LogP contribution in [-0.4, -0.2) is 34.5 Å². The molecule has 0 aliphatic carbocycles. The third kappa shape index (κ3) is 3.58. The van der Waals surface area contributed by atoms with E-state index in [0.717, 1.165) is 28.0 Å². The first-order chi connectivity index (χ1) is 13.0. The van der Waals surface area contributed by atoms with Gasteiger partial charge < -0.3 is 14.8 Å². The molecule has 2 heterocycles. The monoisotopic (exact) mass is 368 g/mol. The summed E-state index contributed by atoms with van der Waals surface area (Å²) in [6.07, 6.45) is 1.54. The van der Waals surface area contributed by atoms with Crippen LogP contribution in [0.15, 0.2) is 24.4 Å². The summed E-state index contributed by atoms with van der Waals surface area (Å²) in [6.45, 7) is 6.51. The minimum Gasteiger partial charge on any atom is -0.496 e. The highest BCUT2D eigenvalue weighted by Gasteiger charge is 2.20. The lowest BCUT2D eigenvalue weighted by atomic mass is 10.1. The van der Waals surface area contributed by atoms with Gasteiger partial charge in [0.15, 0.2) is 5.65 Å². The van der Waals surface area contributed by atoms with Gasteiger partial charge in [0.25, 0.3) is 0 Å². The highest BCUT2D eigenvalue weighted by molar-refractivity contribution is 6.05. The van der Waals surface area contributed by atoms with Gasteiger partial charge in [-0.1, -0.05) is 12.1 Å². The molecule has 0 bridgehead atoms. The van der Waals surface area contributed by atoms with Gasteiger partial charge in [0.2, 0.25) is 0 Å². The van der Waals surface area contributed by atoms with Gasteiger partial charge in [0, 0.05) is 19.8 Å². The van der Waals surface area contributed by atoms with E-state index in [-0.39, 0.29) is 0 Å². The van der Waals surface area contributed by atoms with Crippen molar-refractivity contribution >= 4 is 22.7 Å². The third-order valence-corrected chi connectivity index (χ3v) is 4.46. The van der Waals surface area contributed by atoms with E-state index < -0.39 is 5.97 Å². The van der Waals surface area contributed by atoms with Crippen LogP contribution in [0.25, 0.3) is 11.0 Å². The van der Waals surface area contributed by atoms with Crippen LogP contribution in [-0.2, 0) is 18.3 Å². The van der Waals surface area contributed by atoms with Crippen molar-refractivity contribution in [3.8, 4) is 5.75 Å². The Bertz CT molecular complexity index is 995. The number of aryl methyl sites for hydroxylation is 3. The van der Waals surface area contributed by atoms with Crippen molar-refractivity contribution < 1.29 is 14.3 Å². The third-order valence-electron chi connectivity index (χ3n) is 4.46. The first kappa shape index (κ1) is 18.7. The van der Waals surface area contributed by atoms with Crippen LogP contribution in [0.1, 0.15) is 34.1 Å². The molecule has 0 amide bonds. The van der Waals surface area contributed by atoms with Crippen molar-refractivity contribution in [2.75, 3.05) is 19.0 Å². The van der Waals surface area contributed by atoms with Crippen molar-refractivity contribution in [3.05, 3.63) is 46.8 Å². The summed E-state index contributed by atoms with van der Waals surface area (Å²) in [5, 5.41) is 8.64. The summed E-state index contributed by atoms with van der Waals surface area (Å²) in [7, 11) is 3.49. The maximum atomic E-state index is 12.4. The molecule has 7 nitrogen and oxygen atoms in total. The first-order valence-electron chi connectivity index (χ1n) is 8.83. The molecule has 0 aliphatic rings. The number of carbonyl (C=O) groups is 1. The van der Waals surface area contributed by atoms with Gasteiger partial charge in [-0.25, -0.2) is 9.78 Å². The van der Waals surface area contributed by atoms with Crippen molar-refractivity contribution in [3.63, 3.8) is 0 Å². The average Bonchev–Trinajstić information content (AvgIpc) is 2.95. The largest absolute Gasteiger partial charge is 0.496 e. The Labute approximate surface area is 158 Å². The van der Waals surface area contributed by atoms with Crippen LogP contribution in [0.3, 0.4) is 0 Å². The lowest BCUT2D eigenvalue weighted by Crippen LogP contribution is -2.11. The topological polar surface area (TPSA) is 78.3 Å². The van der Waals surface area contributed by atoms with E-state index >= 15 is 0 Å². The Morgan fingerprint density at radius 2 is 2.07 bits per heavy atom. The Balaban J connectivity index is 2.03. The van der Waals surface area contributed by atoms with Crippen LogP contribution < -0.4 is 10.1 Å². The SMILES string of the molecule is CCOC(=O)c1cnc2c(c(C)nn2C)c1NCc1ccc(C)c(OC)c1. The van der Waals surface area contributed by atoms with Crippen molar-refractivity contribution in [2.45, 2.75) is 27.3 Å². The fourth-order valence-corrected chi connectivity index (χ4v) is 3.12. The van der Waals surface area contributed by atoms with E-state index in [1.165, 1.54) is 0 Å². The molecule has 0 radical (unpaired) electrons. The number of nitrogens with one attached hydrogen (secondary N) is 1. The van der Waals surface area contributed by atoms with Crippen LogP contribution in [0, 0.1) is 13.8 Å². The second-order valence-corrected chi connectivity index (χ2v) is 6.33. The molecule has 3 rings (SSSR count). The molecule has 0 aliphatic heterocycles. The number of benzene rings is 1. The number of methoxy groups -OCH3 is 1. The molecule has 0 fully saturated rings. The lowest BCUT2D eigenvalue weighted by Gasteiger charge is -2.14. The molecule has 1 aromatic carbocycles. The van der Waals surface area contributed by atoms with Crippen LogP contribution in [0.4, 0.5) is 5.69 Å². The second kappa shape index (κ2) is 7.65. The first-order valence-corrected chi connectivity index (χ1v) is 8.83. The number of ether oxygens (including phenoxy) is 2. The number of hydrogen-bond acceptors (Lipinski definition) is 6. The molecule has 27 heavy (non-hydrogen) atoms. The predicted octanol–water partition coefficient (Wildman–Crippen LogP) is 3.38. The van der Waals surface area contributed by atoms with E-state index in [9.17, 15) is 4.79 Å². The Morgan fingerprint density at radius 1 is 1.30 bits per heavy atom. The number of fused-ring (bicyclic) bond motifs is 1. The van der Waals surface area contributed by atoms with Crippen molar-refractivity contribution in [1.29, 1.82) is 0 Å². The Kier molecular flexibility index (Phi) is 5.30. The van der Waals surface area contributed by atoms with Gasteiger partial charge >= 0.3 is 5.97 Å². The van der Waals surface area contributed by atoms with Gasteiger partial charge in [-0.15, -0.1) is 0 Å². The molecule has 1 N–H and O–H groups in total. The standard InChI is InChI=1S/C20H24N4O3/c1-6-27-20(25)15-11-22-19-17(13(3)23-24(19)4)18(15)21-10-14-8-7-12(2)16(9-14)26-5/h7-9,11H,6,10H2,1-5H3,(H,21,22). The summed E-state index contributed by atoms with van der Waals surface area (Å²) in [6, 6.07) is 6.03. The molecule has 0 unspecified atom stereocenters. The zero-order chi connectivity index (χ0) is 19.6. The van der Waals surface area contributed by atoms with Crippen molar-refractivity contribution in [2.24, 2.45) is 7.05 Å². The Morgan fingerprint density at radius 3 is 2.78 bits per heavy atom. The number of anilines is 1. The Hall–Kier alpha value is -3.09. The van der Waals surface area contributed by atoms with Crippen LogP contribution in [0.5, 0.6) is 5.75 Å². The quantitative estimate of drug-likeness (QED) is 0.672. The smallest absolute Gasteiger partial charge is 0.341 e. The maximum Gasteiger partial charge on any atom is 0.341 e. The summed E-state index contributed by atoms with van der Waals surface area (Å²) in [5.41, 5.74) is 4.71. The number of esters is 1. The van der Waals surface area contributed by atoms with E-state index in [2.05, 4.69) is 15.4 Å². The van der Waals surface area contributed by atoms with Gasteiger partial charge in [-0.3, -0.25) is 4.68 Å². The summed E-state index contributed by atoms with van der Waals surface area (Å²) < 4.78 is 12.3. The molecule has 0 spiro atoms. The molecule has 7 heteroatoms. The molecule has 0 saturated carbocycles. The van der Waals surface area contributed by atoms with E-state index in [1.54, 1.807) is 24.9 Å². The van der Waals surface area contributed by atoms with Gasteiger partial charge in [-0.2, -0.15) is 5.10 Å². The lowest BCUT2D eigenvalue weighted by molar-refractivity contribution is 0.0527. The number of hydrogen-bond donors (Lipinski definition) is 1. The normalized spacial score (nSPS) is 10.9. The zero-order valence-electron chi connectivity index (χ0n) is 16.3. The van der Waals surface area contributed by atoms with Crippen LogP contribution >= 0.6 is 0 Å². The van der Waals surface area contributed by atoms with Crippen LogP contribution in [0.2, 0.25) is 0 Å². The van der Waals surface area contributed by atoms with Gasteiger partial charge in [0.05, 0.1) is 30.5 Å². The highest BCUT2D eigenvalue weighted by atomic mass is 16.5. The molecule has 0 saturated heterocycles.